The van der Waals surface area contributed by atoms with Gasteiger partial charge in [-0.3, -0.25) is 4.79 Å². The Kier molecular flexibility index (Phi) is 3.79. The number of ether oxygens (including phenoxy) is 2. The molecule has 0 amide bonds. The maximum Gasteiger partial charge on any atom is 0.150 e. The fourth-order valence-corrected chi connectivity index (χ4v) is 2.21. The Morgan fingerprint density at radius 1 is 1.35 bits per heavy atom. The zero-order valence-corrected chi connectivity index (χ0v) is 10.4. The summed E-state index contributed by atoms with van der Waals surface area (Å²) in [5.41, 5.74) is 2.72. The van der Waals surface area contributed by atoms with E-state index in [9.17, 15) is 4.79 Å². The predicted octanol–water partition coefficient (Wildman–Crippen LogP) is 2.67. The van der Waals surface area contributed by atoms with Crippen LogP contribution >= 0.6 is 0 Å². The van der Waals surface area contributed by atoms with Gasteiger partial charge < -0.3 is 9.47 Å². The molecule has 3 nitrogen and oxygen atoms in total. The first kappa shape index (κ1) is 12.1. The van der Waals surface area contributed by atoms with Crippen molar-refractivity contribution in [2.45, 2.75) is 32.8 Å². The van der Waals surface area contributed by atoms with Gasteiger partial charge in [-0.15, -0.1) is 0 Å². The van der Waals surface area contributed by atoms with E-state index in [0.29, 0.717) is 12.2 Å². The van der Waals surface area contributed by atoms with Gasteiger partial charge in [0, 0.05) is 12.2 Å². The molecule has 1 heterocycles. The third kappa shape index (κ3) is 2.86. The molecule has 2 rings (SSSR count). The maximum atomic E-state index is 10.8. The van der Waals surface area contributed by atoms with E-state index < -0.39 is 0 Å². The van der Waals surface area contributed by atoms with E-state index in [1.54, 1.807) is 0 Å². The Balaban J connectivity index is 2.17. The summed E-state index contributed by atoms with van der Waals surface area (Å²) < 4.78 is 11.4. The van der Waals surface area contributed by atoms with Crippen molar-refractivity contribution >= 4 is 6.29 Å². The molecule has 1 aromatic carbocycles. The summed E-state index contributed by atoms with van der Waals surface area (Å²) in [7, 11) is 0. The average molecular weight is 234 g/mol. The number of carbonyl (C=O) groups excluding carboxylic acids is 1. The van der Waals surface area contributed by atoms with Crippen molar-refractivity contribution in [3.05, 3.63) is 28.8 Å². The summed E-state index contributed by atoms with van der Waals surface area (Å²) in [4.78, 5) is 10.8. The number of rotatable bonds is 3. The first-order valence-corrected chi connectivity index (χ1v) is 6.01. The Labute approximate surface area is 102 Å². The lowest BCUT2D eigenvalue weighted by Crippen LogP contribution is -2.28. The molecule has 0 spiro atoms. The van der Waals surface area contributed by atoms with Gasteiger partial charge in [0.1, 0.15) is 18.1 Å². The SMILES string of the molecule is Cc1cc(C=O)cc(C)c1OC1CCCOC1. The fraction of sp³-hybridized carbons (Fsp3) is 0.500. The van der Waals surface area contributed by atoms with Crippen LogP contribution in [0, 0.1) is 13.8 Å². The minimum Gasteiger partial charge on any atom is -0.487 e. The molecule has 0 aromatic heterocycles. The monoisotopic (exact) mass is 234 g/mol. The highest BCUT2D eigenvalue weighted by atomic mass is 16.5. The van der Waals surface area contributed by atoms with Gasteiger partial charge in [0.25, 0.3) is 0 Å². The van der Waals surface area contributed by atoms with Crippen LogP contribution in [0.1, 0.15) is 34.3 Å². The molecule has 0 saturated carbocycles. The van der Waals surface area contributed by atoms with Gasteiger partial charge in [0.05, 0.1) is 6.61 Å². The number of aldehydes is 1. The van der Waals surface area contributed by atoms with Crippen LogP contribution in [0.5, 0.6) is 5.75 Å². The summed E-state index contributed by atoms with van der Waals surface area (Å²) in [5.74, 6) is 0.895. The van der Waals surface area contributed by atoms with Crippen molar-refractivity contribution in [1.29, 1.82) is 0 Å². The highest BCUT2D eigenvalue weighted by Crippen LogP contribution is 2.26. The van der Waals surface area contributed by atoms with Crippen molar-refractivity contribution in [2.24, 2.45) is 0 Å². The second-order valence-electron chi connectivity index (χ2n) is 4.56. The van der Waals surface area contributed by atoms with E-state index in [-0.39, 0.29) is 6.10 Å². The van der Waals surface area contributed by atoms with Crippen LogP contribution in [0.3, 0.4) is 0 Å². The molecule has 0 bridgehead atoms. The summed E-state index contributed by atoms with van der Waals surface area (Å²) in [6, 6.07) is 3.72. The van der Waals surface area contributed by atoms with E-state index in [1.807, 2.05) is 26.0 Å². The maximum absolute atomic E-state index is 10.8. The third-order valence-corrected chi connectivity index (χ3v) is 3.02. The number of aryl methyl sites for hydroxylation is 2. The molecule has 1 aromatic rings. The van der Waals surface area contributed by atoms with Crippen molar-refractivity contribution in [3.63, 3.8) is 0 Å². The van der Waals surface area contributed by atoms with E-state index in [0.717, 1.165) is 42.6 Å². The van der Waals surface area contributed by atoms with E-state index >= 15 is 0 Å². The highest BCUT2D eigenvalue weighted by Gasteiger charge is 2.17. The quantitative estimate of drug-likeness (QED) is 0.754. The van der Waals surface area contributed by atoms with Gasteiger partial charge in [-0.2, -0.15) is 0 Å². The largest absolute Gasteiger partial charge is 0.487 e. The molecular weight excluding hydrogens is 216 g/mol. The van der Waals surface area contributed by atoms with E-state index in [4.69, 9.17) is 9.47 Å². The summed E-state index contributed by atoms with van der Waals surface area (Å²) in [6.45, 7) is 5.44. The van der Waals surface area contributed by atoms with E-state index in [2.05, 4.69) is 0 Å². The standard InChI is InChI=1S/C14H18O3/c1-10-6-12(8-15)7-11(2)14(10)17-13-4-3-5-16-9-13/h6-8,13H,3-5,9H2,1-2H3. The molecule has 0 aliphatic carbocycles. The Hall–Kier alpha value is -1.35. The van der Waals surface area contributed by atoms with Gasteiger partial charge in [-0.1, -0.05) is 0 Å². The summed E-state index contributed by atoms with van der Waals surface area (Å²) in [6.07, 6.45) is 3.10. The van der Waals surface area contributed by atoms with Crippen LogP contribution < -0.4 is 4.74 Å². The Morgan fingerprint density at radius 3 is 2.59 bits per heavy atom. The number of benzene rings is 1. The molecule has 0 N–H and O–H groups in total. The zero-order chi connectivity index (χ0) is 12.3. The molecule has 92 valence electrons. The Bertz CT molecular complexity index is 383. The van der Waals surface area contributed by atoms with Crippen LogP contribution in [-0.4, -0.2) is 25.6 Å². The van der Waals surface area contributed by atoms with Gasteiger partial charge in [0.2, 0.25) is 0 Å². The molecular formula is C14H18O3. The van der Waals surface area contributed by atoms with Crippen molar-refractivity contribution in [2.75, 3.05) is 13.2 Å². The van der Waals surface area contributed by atoms with Gasteiger partial charge in [-0.05, 0) is 49.9 Å². The van der Waals surface area contributed by atoms with Crippen LogP contribution in [0.2, 0.25) is 0 Å². The highest BCUT2D eigenvalue weighted by molar-refractivity contribution is 5.76. The Morgan fingerprint density at radius 2 is 2.06 bits per heavy atom. The molecule has 1 atom stereocenters. The molecule has 1 unspecified atom stereocenters. The lowest BCUT2D eigenvalue weighted by Gasteiger charge is -2.25. The molecule has 1 saturated heterocycles. The second kappa shape index (κ2) is 5.32. The van der Waals surface area contributed by atoms with Crippen LogP contribution in [-0.2, 0) is 4.74 Å². The predicted molar refractivity (Wildman–Crippen MR) is 65.8 cm³/mol. The lowest BCUT2D eigenvalue weighted by molar-refractivity contribution is 0.00687. The first-order valence-electron chi connectivity index (χ1n) is 6.01. The second-order valence-corrected chi connectivity index (χ2v) is 4.56. The molecule has 1 aliphatic rings. The number of hydrogen-bond donors (Lipinski definition) is 0. The molecule has 1 fully saturated rings. The van der Waals surface area contributed by atoms with Crippen molar-refractivity contribution in [1.82, 2.24) is 0 Å². The number of carbonyl (C=O) groups is 1. The normalized spacial score (nSPS) is 20.0. The van der Waals surface area contributed by atoms with Crippen LogP contribution in [0.25, 0.3) is 0 Å². The molecule has 0 radical (unpaired) electrons. The van der Waals surface area contributed by atoms with Crippen molar-refractivity contribution < 1.29 is 14.3 Å². The van der Waals surface area contributed by atoms with Crippen LogP contribution in [0.4, 0.5) is 0 Å². The van der Waals surface area contributed by atoms with Gasteiger partial charge in [-0.25, -0.2) is 0 Å². The summed E-state index contributed by atoms with van der Waals surface area (Å²) in [5, 5.41) is 0. The first-order chi connectivity index (χ1) is 8.20. The minimum absolute atomic E-state index is 0.142. The minimum atomic E-state index is 0.142. The van der Waals surface area contributed by atoms with Crippen molar-refractivity contribution in [3.8, 4) is 5.75 Å². The summed E-state index contributed by atoms with van der Waals surface area (Å²) >= 11 is 0. The van der Waals surface area contributed by atoms with Gasteiger partial charge >= 0.3 is 0 Å². The molecule has 1 aliphatic heterocycles. The lowest BCUT2D eigenvalue weighted by atomic mass is 10.1. The zero-order valence-electron chi connectivity index (χ0n) is 10.4. The number of hydrogen-bond acceptors (Lipinski definition) is 3. The van der Waals surface area contributed by atoms with E-state index in [1.165, 1.54) is 0 Å². The van der Waals surface area contributed by atoms with Gasteiger partial charge in [0.15, 0.2) is 0 Å². The molecule has 3 heteroatoms. The topological polar surface area (TPSA) is 35.5 Å². The van der Waals surface area contributed by atoms with Crippen LogP contribution in [0.15, 0.2) is 12.1 Å². The average Bonchev–Trinajstić information content (AvgIpc) is 2.35. The third-order valence-electron chi connectivity index (χ3n) is 3.02. The fourth-order valence-electron chi connectivity index (χ4n) is 2.21. The molecule has 17 heavy (non-hydrogen) atoms. The smallest absolute Gasteiger partial charge is 0.150 e.